The van der Waals surface area contributed by atoms with Gasteiger partial charge in [0, 0.05) is 18.0 Å². The summed E-state index contributed by atoms with van der Waals surface area (Å²) in [6.07, 6.45) is 1.98. The molecule has 0 unspecified atom stereocenters. The monoisotopic (exact) mass is 401 g/mol. The summed E-state index contributed by atoms with van der Waals surface area (Å²) >= 11 is 3.09. The van der Waals surface area contributed by atoms with Gasteiger partial charge in [-0.05, 0) is 44.6 Å². The number of methoxy groups -OCH3 is 1. The van der Waals surface area contributed by atoms with Gasteiger partial charge in [0.15, 0.2) is 5.13 Å². The highest BCUT2D eigenvalue weighted by atomic mass is 32.2. The van der Waals surface area contributed by atoms with Gasteiger partial charge in [0.25, 0.3) is 5.91 Å². The molecule has 1 amide bonds. The zero-order valence-corrected chi connectivity index (χ0v) is 17.6. The molecule has 0 N–H and O–H groups in total. The lowest BCUT2D eigenvalue weighted by Crippen LogP contribution is -2.37. The maximum atomic E-state index is 13.4. The van der Waals surface area contributed by atoms with E-state index in [0.717, 1.165) is 27.4 Å². The number of carbonyl (C=O) groups is 1. The fourth-order valence-corrected chi connectivity index (χ4v) is 4.34. The van der Waals surface area contributed by atoms with Crippen LogP contribution in [0.4, 0.5) is 5.13 Å². The number of ether oxygens (including phenoxy) is 1. The lowest BCUT2D eigenvalue weighted by atomic mass is 10.2. The number of hydrogen-bond donors (Lipinski definition) is 0. The molecular weight excluding hydrogens is 378 g/mol. The van der Waals surface area contributed by atoms with Crippen molar-refractivity contribution in [3.8, 4) is 5.75 Å². The Labute approximate surface area is 168 Å². The molecule has 0 aliphatic rings. The van der Waals surface area contributed by atoms with Crippen LogP contribution in [0.15, 0.2) is 47.4 Å². The largest absolute Gasteiger partial charge is 0.494 e. The molecule has 0 fully saturated rings. The number of carbonyl (C=O) groups excluding carboxylic acids is 1. The summed E-state index contributed by atoms with van der Waals surface area (Å²) in [4.78, 5) is 22.9. The third-order valence-electron chi connectivity index (χ3n) is 4.17. The van der Waals surface area contributed by atoms with Crippen molar-refractivity contribution in [2.75, 3.05) is 45.5 Å². The minimum atomic E-state index is -0.0279. The first-order valence-electron chi connectivity index (χ1n) is 8.58. The summed E-state index contributed by atoms with van der Waals surface area (Å²) in [6, 6.07) is 13.5. The molecule has 7 heteroatoms. The van der Waals surface area contributed by atoms with Crippen molar-refractivity contribution < 1.29 is 9.53 Å². The first-order valence-corrected chi connectivity index (χ1v) is 10.6. The van der Waals surface area contributed by atoms with E-state index in [1.165, 1.54) is 11.3 Å². The lowest BCUT2D eigenvalue weighted by Gasteiger charge is -2.22. The first-order chi connectivity index (χ1) is 13.0. The Balaban J connectivity index is 2.04. The van der Waals surface area contributed by atoms with Gasteiger partial charge < -0.3 is 9.64 Å². The standard InChI is InChI=1S/C20H23N3O2S2/c1-22(2)12-13-23(19(24)14-8-5-6-10-16(14)26-4)20-21-18-15(25-3)9-7-11-17(18)27-20/h5-11H,12-13H2,1-4H3. The molecule has 0 saturated heterocycles. The van der Waals surface area contributed by atoms with Gasteiger partial charge in [-0.15, -0.1) is 11.8 Å². The molecule has 1 heterocycles. The third-order valence-corrected chi connectivity index (χ3v) is 6.01. The summed E-state index contributed by atoms with van der Waals surface area (Å²) in [7, 11) is 5.64. The van der Waals surface area contributed by atoms with Crippen molar-refractivity contribution in [3.63, 3.8) is 0 Å². The van der Waals surface area contributed by atoms with Crippen LogP contribution in [0, 0.1) is 0 Å². The molecule has 142 valence electrons. The number of aromatic nitrogens is 1. The minimum absolute atomic E-state index is 0.0279. The maximum absolute atomic E-state index is 13.4. The second-order valence-electron chi connectivity index (χ2n) is 6.26. The SMILES string of the molecule is COc1cccc2sc(N(CCN(C)C)C(=O)c3ccccc3SC)nc12. The van der Waals surface area contributed by atoms with Gasteiger partial charge >= 0.3 is 0 Å². The van der Waals surface area contributed by atoms with E-state index >= 15 is 0 Å². The Morgan fingerprint density at radius 3 is 2.63 bits per heavy atom. The fraction of sp³-hybridized carbons (Fsp3) is 0.300. The lowest BCUT2D eigenvalue weighted by molar-refractivity contribution is 0.0982. The van der Waals surface area contributed by atoms with Crippen molar-refractivity contribution in [1.82, 2.24) is 9.88 Å². The van der Waals surface area contributed by atoms with Gasteiger partial charge in [-0.1, -0.05) is 29.5 Å². The quantitative estimate of drug-likeness (QED) is 0.554. The first kappa shape index (κ1) is 19.7. The molecule has 2 aromatic carbocycles. The number of benzene rings is 2. The normalized spacial score (nSPS) is 11.1. The van der Waals surface area contributed by atoms with Crippen molar-refractivity contribution in [2.24, 2.45) is 0 Å². The molecule has 0 saturated carbocycles. The molecule has 1 aromatic heterocycles. The maximum Gasteiger partial charge on any atom is 0.261 e. The van der Waals surface area contributed by atoms with E-state index in [1.54, 1.807) is 23.8 Å². The average Bonchev–Trinajstić information content (AvgIpc) is 3.11. The van der Waals surface area contributed by atoms with E-state index in [1.807, 2.05) is 62.8 Å². The van der Waals surface area contributed by atoms with Crippen LogP contribution in [-0.2, 0) is 0 Å². The number of thiazole rings is 1. The van der Waals surface area contributed by atoms with E-state index in [9.17, 15) is 4.79 Å². The zero-order chi connectivity index (χ0) is 19.4. The van der Waals surface area contributed by atoms with Crippen molar-refractivity contribution in [2.45, 2.75) is 4.90 Å². The van der Waals surface area contributed by atoms with Gasteiger partial charge in [-0.25, -0.2) is 4.98 Å². The number of amides is 1. The van der Waals surface area contributed by atoms with Crippen molar-refractivity contribution in [3.05, 3.63) is 48.0 Å². The van der Waals surface area contributed by atoms with E-state index < -0.39 is 0 Å². The van der Waals surface area contributed by atoms with Crippen molar-refractivity contribution >= 4 is 44.4 Å². The Morgan fingerprint density at radius 1 is 1.15 bits per heavy atom. The molecule has 5 nitrogen and oxygen atoms in total. The second kappa shape index (κ2) is 8.73. The highest BCUT2D eigenvalue weighted by Gasteiger charge is 2.24. The van der Waals surface area contributed by atoms with Crippen LogP contribution in [0.1, 0.15) is 10.4 Å². The molecule has 27 heavy (non-hydrogen) atoms. The van der Waals surface area contributed by atoms with Crippen LogP contribution in [-0.4, -0.2) is 56.3 Å². The van der Waals surface area contributed by atoms with E-state index in [2.05, 4.69) is 4.90 Å². The molecule has 0 atom stereocenters. The van der Waals surface area contributed by atoms with Gasteiger partial charge in [0.1, 0.15) is 11.3 Å². The summed E-state index contributed by atoms with van der Waals surface area (Å²) in [5, 5.41) is 0.692. The molecule has 0 bridgehead atoms. The second-order valence-corrected chi connectivity index (χ2v) is 8.12. The summed E-state index contributed by atoms with van der Waals surface area (Å²) in [5.41, 5.74) is 1.50. The van der Waals surface area contributed by atoms with E-state index in [-0.39, 0.29) is 5.91 Å². The summed E-state index contributed by atoms with van der Waals surface area (Å²) < 4.78 is 6.43. The number of thioether (sulfide) groups is 1. The summed E-state index contributed by atoms with van der Waals surface area (Å²) in [5.74, 6) is 0.694. The van der Waals surface area contributed by atoms with Crippen LogP contribution in [0.5, 0.6) is 5.75 Å². The Morgan fingerprint density at radius 2 is 1.93 bits per heavy atom. The van der Waals surface area contributed by atoms with Gasteiger partial charge in [0.2, 0.25) is 0 Å². The molecule has 3 rings (SSSR count). The van der Waals surface area contributed by atoms with Crippen LogP contribution in [0.3, 0.4) is 0 Å². The smallest absolute Gasteiger partial charge is 0.261 e. The zero-order valence-electron chi connectivity index (χ0n) is 15.9. The van der Waals surface area contributed by atoms with Gasteiger partial charge in [-0.2, -0.15) is 0 Å². The van der Waals surface area contributed by atoms with E-state index in [4.69, 9.17) is 9.72 Å². The number of nitrogens with zero attached hydrogens (tertiary/aromatic N) is 3. The predicted octanol–water partition coefficient (Wildman–Crippen LogP) is 4.24. The molecule has 0 aliphatic heterocycles. The molecule has 0 radical (unpaired) electrons. The molecule has 0 spiro atoms. The number of likely N-dealkylation sites (N-methyl/N-ethyl adjacent to an activating group) is 1. The Kier molecular flexibility index (Phi) is 6.36. The highest BCUT2D eigenvalue weighted by Crippen LogP contribution is 2.35. The Bertz CT molecular complexity index is 940. The predicted molar refractivity (Wildman–Crippen MR) is 115 cm³/mol. The third kappa shape index (κ3) is 4.26. The number of rotatable bonds is 7. The number of fused-ring (bicyclic) bond motifs is 1. The minimum Gasteiger partial charge on any atom is -0.494 e. The van der Waals surface area contributed by atoms with Crippen molar-refractivity contribution in [1.29, 1.82) is 0 Å². The summed E-state index contributed by atoms with van der Waals surface area (Å²) in [6.45, 7) is 1.32. The molecular formula is C20H23N3O2S2. The highest BCUT2D eigenvalue weighted by molar-refractivity contribution is 7.98. The van der Waals surface area contributed by atoms with Gasteiger partial charge in [0.05, 0.1) is 17.4 Å². The average molecular weight is 402 g/mol. The van der Waals surface area contributed by atoms with Crippen LogP contribution < -0.4 is 9.64 Å². The number of anilines is 1. The van der Waals surface area contributed by atoms with Crippen LogP contribution in [0.2, 0.25) is 0 Å². The van der Waals surface area contributed by atoms with Crippen LogP contribution >= 0.6 is 23.1 Å². The van der Waals surface area contributed by atoms with Crippen LogP contribution in [0.25, 0.3) is 10.2 Å². The Hall–Kier alpha value is -2.09. The number of para-hydroxylation sites is 1. The number of hydrogen-bond acceptors (Lipinski definition) is 6. The topological polar surface area (TPSA) is 45.7 Å². The fourth-order valence-electron chi connectivity index (χ4n) is 2.74. The van der Waals surface area contributed by atoms with Gasteiger partial charge in [-0.3, -0.25) is 9.69 Å². The molecule has 3 aromatic rings. The molecule has 0 aliphatic carbocycles. The van der Waals surface area contributed by atoms with E-state index in [0.29, 0.717) is 17.2 Å².